The van der Waals surface area contributed by atoms with Crippen molar-refractivity contribution >= 4 is 29.1 Å². The summed E-state index contributed by atoms with van der Waals surface area (Å²) in [5.74, 6) is 0. The van der Waals surface area contributed by atoms with E-state index in [0.717, 1.165) is 37.9 Å². The van der Waals surface area contributed by atoms with Gasteiger partial charge in [0.1, 0.15) is 0 Å². The van der Waals surface area contributed by atoms with Crippen LogP contribution in [0.15, 0.2) is 5.10 Å². The molecule has 1 aliphatic heterocycles. The molecule has 1 rings (SSSR count). The Kier molecular flexibility index (Phi) is 7.94. The van der Waals surface area contributed by atoms with Crippen molar-refractivity contribution in [1.29, 1.82) is 0 Å². The van der Waals surface area contributed by atoms with Crippen LogP contribution in [0.4, 0.5) is 4.79 Å². The molecule has 0 bridgehead atoms. The van der Waals surface area contributed by atoms with Crippen LogP contribution in [0.3, 0.4) is 0 Å². The summed E-state index contributed by atoms with van der Waals surface area (Å²) in [7, 11) is 0. The Morgan fingerprint density at radius 1 is 1.40 bits per heavy atom. The maximum Gasteiger partial charge on any atom is 0.409 e. The zero-order valence-electron chi connectivity index (χ0n) is 12.3. The molecular formula is C13H24N4O2S. The molecule has 0 aromatic rings. The maximum absolute atomic E-state index is 11.5. The summed E-state index contributed by atoms with van der Waals surface area (Å²) in [6.07, 6.45) is 3.49. The monoisotopic (exact) mass is 300 g/mol. The lowest BCUT2D eigenvalue weighted by Gasteiger charge is -2.26. The Labute approximate surface area is 125 Å². The van der Waals surface area contributed by atoms with Crippen molar-refractivity contribution in [3.8, 4) is 0 Å². The van der Waals surface area contributed by atoms with Gasteiger partial charge in [-0.25, -0.2) is 4.79 Å². The number of carbonyl (C=O) groups is 1. The number of piperidine rings is 1. The fraction of sp³-hybridized carbons (Fsp3) is 0.769. The first-order chi connectivity index (χ1) is 9.67. The zero-order chi connectivity index (χ0) is 14.8. The van der Waals surface area contributed by atoms with Crippen molar-refractivity contribution in [3.63, 3.8) is 0 Å². The van der Waals surface area contributed by atoms with Gasteiger partial charge in [-0.15, -0.1) is 0 Å². The summed E-state index contributed by atoms with van der Waals surface area (Å²) < 4.78 is 4.97. The van der Waals surface area contributed by atoms with Crippen LogP contribution in [0.1, 0.15) is 39.5 Å². The van der Waals surface area contributed by atoms with E-state index in [4.69, 9.17) is 17.0 Å². The summed E-state index contributed by atoms with van der Waals surface area (Å²) in [6, 6.07) is 0. The van der Waals surface area contributed by atoms with Gasteiger partial charge < -0.3 is 15.0 Å². The molecule has 114 valence electrons. The smallest absolute Gasteiger partial charge is 0.409 e. The number of hydrogen-bond donors (Lipinski definition) is 2. The highest BCUT2D eigenvalue weighted by atomic mass is 32.1. The van der Waals surface area contributed by atoms with Gasteiger partial charge >= 0.3 is 6.09 Å². The van der Waals surface area contributed by atoms with Crippen LogP contribution in [0.2, 0.25) is 0 Å². The molecule has 1 amide bonds. The second-order valence-corrected chi connectivity index (χ2v) is 4.99. The van der Waals surface area contributed by atoms with E-state index in [1.165, 1.54) is 0 Å². The number of thiocarbonyl (C=S) groups is 1. The molecule has 0 radical (unpaired) electrons. The number of nitrogens with zero attached hydrogens (tertiary/aromatic N) is 2. The van der Waals surface area contributed by atoms with E-state index in [1.54, 1.807) is 4.90 Å². The molecule has 0 aromatic heterocycles. The van der Waals surface area contributed by atoms with Gasteiger partial charge in [0.25, 0.3) is 0 Å². The largest absolute Gasteiger partial charge is 0.450 e. The quantitative estimate of drug-likeness (QED) is 0.461. The number of likely N-dealkylation sites (tertiary alicyclic amines) is 1. The summed E-state index contributed by atoms with van der Waals surface area (Å²) in [6.45, 7) is 6.52. The summed E-state index contributed by atoms with van der Waals surface area (Å²) in [5, 5.41) is 7.94. The number of hydrogen-bond acceptors (Lipinski definition) is 4. The second-order valence-electron chi connectivity index (χ2n) is 4.59. The molecule has 0 unspecified atom stereocenters. The molecule has 0 atom stereocenters. The van der Waals surface area contributed by atoms with Gasteiger partial charge in [-0.2, -0.15) is 5.10 Å². The molecule has 6 nitrogen and oxygen atoms in total. The Morgan fingerprint density at radius 2 is 2.10 bits per heavy atom. The van der Waals surface area contributed by atoms with Crippen LogP contribution in [0.25, 0.3) is 0 Å². The lowest BCUT2D eigenvalue weighted by molar-refractivity contribution is 0.107. The fourth-order valence-electron chi connectivity index (χ4n) is 1.82. The third-order valence-corrected chi connectivity index (χ3v) is 3.23. The van der Waals surface area contributed by atoms with Crippen LogP contribution < -0.4 is 10.7 Å². The lowest BCUT2D eigenvalue weighted by atomic mass is 10.1. The van der Waals surface area contributed by atoms with Gasteiger partial charge in [0, 0.05) is 38.2 Å². The number of hydrazone groups is 1. The van der Waals surface area contributed by atoms with Gasteiger partial charge in [-0.1, -0.05) is 13.3 Å². The molecule has 0 spiro atoms. The van der Waals surface area contributed by atoms with Crippen LogP contribution in [-0.4, -0.2) is 48.1 Å². The van der Waals surface area contributed by atoms with Gasteiger partial charge in [0.05, 0.1) is 6.61 Å². The topological polar surface area (TPSA) is 66.0 Å². The van der Waals surface area contributed by atoms with E-state index in [9.17, 15) is 4.79 Å². The average molecular weight is 300 g/mol. The van der Waals surface area contributed by atoms with Crippen molar-refractivity contribution < 1.29 is 9.53 Å². The van der Waals surface area contributed by atoms with Gasteiger partial charge in [-0.3, -0.25) is 5.43 Å². The van der Waals surface area contributed by atoms with E-state index in [-0.39, 0.29) is 6.09 Å². The molecule has 0 aliphatic carbocycles. The van der Waals surface area contributed by atoms with E-state index in [2.05, 4.69) is 22.8 Å². The molecule has 0 aromatic carbocycles. The third kappa shape index (κ3) is 6.18. The first-order valence-corrected chi connectivity index (χ1v) is 7.59. The minimum absolute atomic E-state index is 0.240. The lowest BCUT2D eigenvalue weighted by Crippen LogP contribution is -2.40. The molecule has 7 heteroatoms. The number of rotatable bonds is 5. The number of amides is 1. The first kappa shape index (κ1) is 16.7. The fourth-order valence-corrected chi connectivity index (χ4v) is 1.97. The van der Waals surface area contributed by atoms with Crippen molar-refractivity contribution in [2.45, 2.75) is 39.5 Å². The molecule has 20 heavy (non-hydrogen) atoms. The van der Waals surface area contributed by atoms with Crippen molar-refractivity contribution in [2.75, 3.05) is 26.2 Å². The predicted molar refractivity (Wildman–Crippen MR) is 83.9 cm³/mol. The minimum Gasteiger partial charge on any atom is -0.450 e. The Morgan fingerprint density at radius 3 is 2.70 bits per heavy atom. The van der Waals surface area contributed by atoms with Crippen LogP contribution in [0, 0.1) is 0 Å². The predicted octanol–water partition coefficient (Wildman–Crippen LogP) is 1.86. The highest BCUT2D eigenvalue weighted by Crippen LogP contribution is 2.08. The molecule has 1 fully saturated rings. The van der Waals surface area contributed by atoms with Gasteiger partial charge in [0.15, 0.2) is 5.11 Å². The molecule has 1 aliphatic rings. The van der Waals surface area contributed by atoms with Crippen molar-refractivity contribution in [3.05, 3.63) is 0 Å². The summed E-state index contributed by atoms with van der Waals surface area (Å²) >= 11 is 5.12. The highest BCUT2D eigenvalue weighted by molar-refractivity contribution is 7.80. The number of ether oxygens (including phenoxy) is 1. The van der Waals surface area contributed by atoms with E-state index in [0.29, 0.717) is 24.8 Å². The summed E-state index contributed by atoms with van der Waals surface area (Å²) in [4.78, 5) is 13.2. The SMILES string of the molecule is CCCCNC(=S)NN=C1CCN(C(=O)OCC)CC1. The third-order valence-electron chi connectivity index (χ3n) is 3.00. The van der Waals surface area contributed by atoms with Crippen molar-refractivity contribution in [2.24, 2.45) is 5.10 Å². The average Bonchev–Trinajstić information content (AvgIpc) is 2.46. The van der Waals surface area contributed by atoms with E-state index in [1.807, 2.05) is 6.92 Å². The Hall–Kier alpha value is -1.37. The number of nitrogens with one attached hydrogen (secondary N) is 2. The van der Waals surface area contributed by atoms with Crippen LogP contribution in [0.5, 0.6) is 0 Å². The molecule has 1 heterocycles. The van der Waals surface area contributed by atoms with Gasteiger partial charge in [-0.05, 0) is 25.6 Å². The summed E-state index contributed by atoms with van der Waals surface area (Å²) in [5.41, 5.74) is 3.89. The normalized spacial score (nSPS) is 14.7. The molecule has 0 saturated carbocycles. The van der Waals surface area contributed by atoms with E-state index < -0.39 is 0 Å². The highest BCUT2D eigenvalue weighted by Gasteiger charge is 2.20. The first-order valence-electron chi connectivity index (χ1n) is 7.18. The molecule has 1 saturated heterocycles. The maximum atomic E-state index is 11.5. The molecule has 2 N–H and O–H groups in total. The van der Waals surface area contributed by atoms with Crippen LogP contribution in [-0.2, 0) is 4.74 Å². The molecular weight excluding hydrogens is 276 g/mol. The van der Waals surface area contributed by atoms with E-state index >= 15 is 0 Å². The van der Waals surface area contributed by atoms with Gasteiger partial charge in [0.2, 0.25) is 0 Å². The number of carbonyl (C=O) groups excluding carboxylic acids is 1. The minimum atomic E-state index is -0.240. The zero-order valence-corrected chi connectivity index (χ0v) is 13.1. The number of unbranched alkanes of at least 4 members (excludes halogenated alkanes) is 1. The second kappa shape index (κ2) is 9.52. The van der Waals surface area contributed by atoms with Crippen molar-refractivity contribution in [1.82, 2.24) is 15.6 Å². The Bertz CT molecular complexity index is 350. The van der Waals surface area contributed by atoms with Crippen LogP contribution >= 0.6 is 12.2 Å². The standard InChI is InChI=1S/C13H24N4O2S/c1-3-5-8-14-12(20)16-15-11-6-9-17(10-7-11)13(18)19-4-2/h3-10H2,1-2H3,(H2,14,16,20). The Balaban J connectivity index is 2.25.